The van der Waals surface area contributed by atoms with Gasteiger partial charge in [-0.15, -0.1) is 0 Å². The van der Waals surface area contributed by atoms with E-state index in [2.05, 4.69) is 16.6 Å². The first-order valence-corrected chi connectivity index (χ1v) is 4.50. The summed E-state index contributed by atoms with van der Waals surface area (Å²) >= 11 is 0. The highest BCUT2D eigenvalue weighted by Gasteiger charge is 2.48. The van der Waals surface area contributed by atoms with Crippen LogP contribution >= 0.6 is 0 Å². The normalized spacial score (nSPS) is 19.6. The van der Waals surface area contributed by atoms with E-state index in [9.17, 15) is 9.90 Å². The molecule has 1 saturated carbocycles. The average molecular weight is 201 g/mol. The summed E-state index contributed by atoms with van der Waals surface area (Å²) in [4.78, 5) is 11.0. The highest BCUT2D eigenvalue weighted by atomic mass is 16.5. The number of hydrogen-bond acceptors (Lipinski definition) is 4. The van der Waals surface area contributed by atoms with E-state index in [1.807, 2.05) is 0 Å². The summed E-state index contributed by atoms with van der Waals surface area (Å²) in [5, 5.41) is 20.9. The van der Waals surface area contributed by atoms with Crippen LogP contribution in [0.3, 0.4) is 0 Å². The zero-order valence-corrected chi connectivity index (χ0v) is 7.90. The van der Waals surface area contributed by atoms with Crippen LogP contribution in [0.2, 0.25) is 0 Å². The van der Waals surface area contributed by atoms with Gasteiger partial charge in [-0.25, -0.2) is 4.79 Å². The molecule has 5 nitrogen and oxygen atoms in total. The van der Waals surface area contributed by atoms with Gasteiger partial charge in [0.1, 0.15) is 6.61 Å². The monoisotopic (exact) mass is 201 g/mol. The predicted molar refractivity (Wildman–Crippen MR) is 49.7 cm³/mol. The maximum absolute atomic E-state index is 11.0. The van der Waals surface area contributed by atoms with Crippen molar-refractivity contribution in [3.05, 3.63) is 12.7 Å². The van der Waals surface area contributed by atoms with E-state index in [0.29, 0.717) is 12.8 Å². The Morgan fingerprint density at radius 1 is 1.71 bits per heavy atom. The molecule has 1 aliphatic carbocycles. The third kappa shape index (κ3) is 2.71. The molecule has 0 aromatic rings. The Morgan fingerprint density at radius 3 is 2.79 bits per heavy atom. The smallest absolute Gasteiger partial charge is 0.407 e. The van der Waals surface area contributed by atoms with Crippen LogP contribution in [0.1, 0.15) is 12.8 Å². The molecule has 5 heteroatoms. The lowest BCUT2D eigenvalue weighted by molar-refractivity contribution is 0.0633. The van der Waals surface area contributed by atoms with Crippen LogP contribution in [-0.2, 0) is 4.74 Å². The van der Waals surface area contributed by atoms with E-state index in [-0.39, 0.29) is 13.2 Å². The van der Waals surface area contributed by atoms with Gasteiger partial charge >= 0.3 is 6.09 Å². The number of amides is 1. The number of carbonyl (C=O) groups excluding carboxylic acids is 1. The Labute approximate surface area is 82.4 Å². The van der Waals surface area contributed by atoms with Crippen LogP contribution < -0.4 is 5.32 Å². The van der Waals surface area contributed by atoms with Crippen molar-refractivity contribution in [1.29, 1.82) is 0 Å². The first-order chi connectivity index (χ1) is 6.62. The Bertz CT molecular complexity index is 225. The molecule has 1 aliphatic rings. The molecular formula is C9H15NO4. The minimum atomic E-state index is -0.943. The van der Waals surface area contributed by atoms with Gasteiger partial charge in [-0.2, -0.15) is 0 Å². The van der Waals surface area contributed by atoms with E-state index < -0.39 is 17.7 Å². The maximum atomic E-state index is 11.0. The number of aliphatic hydroxyl groups is 2. The number of rotatable bonds is 5. The molecule has 1 amide bonds. The zero-order valence-electron chi connectivity index (χ0n) is 7.90. The third-order valence-electron chi connectivity index (χ3n) is 2.22. The molecule has 3 N–H and O–H groups in total. The van der Waals surface area contributed by atoms with E-state index in [1.165, 1.54) is 6.08 Å². The summed E-state index contributed by atoms with van der Waals surface area (Å²) in [5.74, 6) is 0. The van der Waals surface area contributed by atoms with Crippen molar-refractivity contribution in [2.24, 2.45) is 0 Å². The van der Waals surface area contributed by atoms with Crippen LogP contribution in [0, 0.1) is 0 Å². The molecule has 0 aliphatic heterocycles. The summed E-state index contributed by atoms with van der Waals surface area (Å²) in [6, 6.07) is -0.639. The molecule has 1 atom stereocenters. The highest BCUT2D eigenvalue weighted by molar-refractivity contribution is 5.68. The molecule has 0 spiro atoms. The number of nitrogens with one attached hydrogen (secondary N) is 1. The summed E-state index contributed by atoms with van der Waals surface area (Å²) in [6.45, 7) is 3.21. The van der Waals surface area contributed by atoms with Crippen LogP contribution in [0.5, 0.6) is 0 Å². The van der Waals surface area contributed by atoms with Crippen molar-refractivity contribution in [2.75, 3.05) is 13.2 Å². The number of carbonyl (C=O) groups is 1. The van der Waals surface area contributed by atoms with Gasteiger partial charge in [0.25, 0.3) is 0 Å². The topological polar surface area (TPSA) is 78.8 Å². The first kappa shape index (κ1) is 11.0. The zero-order chi connectivity index (χ0) is 10.6. The molecule has 0 radical (unpaired) electrons. The van der Waals surface area contributed by atoms with E-state index in [0.717, 1.165) is 0 Å². The molecule has 14 heavy (non-hydrogen) atoms. The number of ether oxygens (including phenoxy) is 1. The second-order valence-electron chi connectivity index (χ2n) is 3.37. The molecular weight excluding hydrogens is 186 g/mol. The van der Waals surface area contributed by atoms with E-state index >= 15 is 0 Å². The van der Waals surface area contributed by atoms with Crippen molar-refractivity contribution in [1.82, 2.24) is 5.32 Å². The largest absolute Gasteiger partial charge is 0.445 e. The van der Waals surface area contributed by atoms with Gasteiger partial charge in [-0.3, -0.25) is 0 Å². The van der Waals surface area contributed by atoms with Gasteiger partial charge in [-0.05, 0) is 12.8 Å². The molecule has 1 fully saturated rings. The van der Waals surface area contributed by atoms with Crippen molar-refractivity contribution in [2.45, 2.75) is 24.5 Å². The molecule has 0 saturated heterocycles. The van der Waals surface area contributed by atoms with Gasteiger partial charge in [0, 0.05) is 0 Å². The molecule has 0 heterocycles. The molecule has 1 rings (SSSR count). The average Bonchev–Trinajstić information content (AvgIpc) is 2.90. The van der Waals surface area contributed by atoms with Gasteiger partial charge in [0.15, 0.2) is 0 Å². The van der Waals surface area contributed by atoms with Crippen LogP contribution in [0.25, 0.3) is 0 Å². The summed E-state index contributed by atoms with van der Waals surface area (Å²) in [5.41, 5.74) is -0.943. The lowest BCUT2D eigenvalue weighted by atomic mass is 10.1. The van der Waals surface area contributed by atoms with Crippen molar-refractivity contribution >= 4 is 6.09 Å². The minimum absolute atomic E-state index is 0.114. The molecule has 0 bridgehead atoms. The molecule has 0 aromatic heterocycles. The second kappa shape index (κ2) is 4.43. The quantitative estimate of drug-likeness (QED) is 0.537. The highest BCUT2D eigenvalue weighted by Crippen LogP contribution is 2.38. The summed E-state index contributed by atoms with van der Waals surface area (Å²) < 4.78 is 4.66. The SMILES string of the molecule is C=CCOC(=O)NC(CO)C1(O)CC1. The summed E-state index contributed by atoms with van der Waals surface area (Å²) in [7, 11) is 0. The van der Waals surface area contributed by atoms with Gasteiger partial charge in [0.05, 0.1) is 18.2 Å². The fourth-order valence-electron chi connectivity index (χ4n) is 1.14. The number of aliphatic hydroxyl groups excluding tert-OH is 1. The van der Waals surface area contributed by atoms with Crippen LogP contribution in [-0.4, -0.2) is 41.2 Å². The van der Waals surface area contributed by atoms with Crippen molar-refractivity contribution in [3.8, 4) is 0 Å². The lowest BCUT2D eigenvalue weighted by Crippen LogP contribution is -2.47. The molecule has 1 unspecified atom stereocenters. The number of hydrogen-bond donors (Lipinski definition) is 3. The minimum Gasteiger partial charge on any atom is -0.445 e. The third-order valence-corrected chi connectivity index (χ3v) is 2.22. The predicted octanol–water partition coefficient (Wildman–Crippen LogP) is -0.216. The van der Waals surface area contributed by atoms with Gasteiger partial charge in [0.2, 0.25) is 0 Å². The standard InChI is InChI=1S/C9H15NO4/c1-2-5-14-8(12)10-7(6-11)9(13)3-4-9/h2,7,11,13H,1,3-6H2,(H,10,12). The number of alkyl carbamates (subject to hydrolysis) is 1. The first-order valence-electron chi connectivity index (χ1n) is 4.50. The van der Waals surface area contributed by atoms with E-state index in [1.54, 1.807) is 0 Å². The Hall–Kier alpha value is -1.07. The Morgan fingerprint density at radius 2 is 2.36 bits per heavy atom. The Balaban J connectivity index is 2.33. The van der Waals surface area contributed by atoms with Gasteiger partial charge < -0.3 is 20.3 Å². The van der Waals surface area contributed by atoms with Gasteiger partial charge in [-0.1, -0.05) is 12.7 Å². The summed E-state index contributed by atoms with van der Waals surface area (Å²) in [6.07, 6.45) is 1.99. The lowest BCUT2D eigenvalue weighted by Gasteiger charge is -2.20. The van der Waals surface area contributed by atoms with Crippen molar-refractivity contribution < 1.29 is 19.7 Å². The molecule has 0 aromatic carbocycles. The van der Waals surface area contributed by atoms with Crippen LogP contribution in [0.15, 0.2) is 12.7 Å². The van der Waals surface area contributed by atoms with Crippen LogP contribution in [0.4, 0.5) is 4.79 Å². The fraction of sp³-hybridized carbons (Fsp3) is 0.667. The second-order valence-corrected chi connectivity index (χ2v) is 3.37. The maximum Gasteiger partial charge on any atom is 0.407 e. The van der Waals surface area contributed by atoms with E-state index in [4.69, 9.17) is 5.11 Å². The fourth-order valence-corrected chi connectivity index (χ4v) is 1.14. The molecule has 80 valence electrons. The van der Waals surface area contributed by atoms with Crippen molar-refractivity contribution in [3.63, 3.8) is 0 Å². The Kier molecular flexibility index (Phi) is 3.49.